The van der Waals surface area contributed by atoms with Gasteiger partial charge in [0.1, 0.15) is 6.33 Å². The van der Waals surface area contributed by atoms with Gasteiger partial charge in [0.15, 0.2) is 11.6 Å². The first kappa shape index (κ1) is 27.1. The highest BCUT2D eigenvalue weighted by molar-refractivity contribution is 5.75. The number of hydrogen-bond donors (Lipinski definition) is 2. The number of amides is 1. The SMILES string of the molecule is CCN(CC1CCC(CF)CC1)c1ncnc(NCC2CCN(CC(N)=O)CC2)c1F.CF. The van der Waals surface area contributed by atoms with Crippen molar-refractivity contribution in [3.63, 3.8) is 0 Å². The monoisotopic (exact) mass is 472 g/mol. The molecule has 1 amide bonds. The van der Waals surface area contributed by atoms with Crippen LogP contribution in [-0.4, -0.2) is 73.9 Å². The van der Waals surface area contributed by atoms with Crippen molar-refractivity contribution >= 4 is 17.5 Å². The number of likely N-dealkylation sites (tertiary alicyclic amines) is 1. The quantitative estimate of drug-likeness (QED) is 0.543. The number of primary amides is 1. The molecule has 3 rings (SSSR count). The fourth-order valence-electron chi connectivity index (χ4n) is 4.76. The van der Waals surface area contributed by atoms with E-state index in [0.717, 1.165) is 58.2 Å². The summed E-state index contributed by atoms with van der Waals surface area (Å²) in [6.45, 7) is 5.74. The van der Waals surface area contributed by atoms with Crippen molar-refractivity contribution in [3.05, 3.63) is 12.1 Å². The number of nitrogens with zero attached hydrogens (tertiary/aromatic N) is 4. The molecule has 2 fully saturated rings. The van der Waals surface area contributed by atoms with Gasteiger partial charge in [0.25, 0.3) is 0 Å². The number of nitrogens with one attached hydrogen (secondary N) is 1. The Labute approximate surface area is 195 Å². The zero-order valence-corrected chi connectivity index (χ0v) is 19.9. The summed E-state index contributed by atoms with van der Waals surface area (Å²) in [5, 5.41) is 3.17. The Kier molecular flexibility index (Phi) is 11.7. The molecule has 10 heteroatoms. The van der Waals surface area contributed by atoms with E-state index in [9.17, 15) is 13.6 Å². The van der Waals surface area contributed by atoms with Crippen molar-refractivity contribution < 1.29 is 18.0 Å². The maximum Gasteiger partial charge on any atom is 0.231 e. The van der Waals surface area contributed by atoms with E-state index < -0.39 is 5.82 Å². The molecule has 2 heterocycles. The highest BCUT2D eigenvalue weighted by Gasteiger charge is 2.25. The third-order valence-corrected chi connectivity index (χ3v) is 6.76. The summed E-state index contributed by atoms with van der Waals surface area (Å²) < 4.78 is 37.6. The van der Waals surface area contributed by atoms with Gasteiger partial charge in [-0.05, 0) is 76.3 Å². The molecular formula is C23H39F3N6O. The molecule has 7 nitrogen and oxygen atoms in total. The first-order valence-electron chi connectivity index (χ1n) is 11.9. The molecule has 3 N–H and O–H groups in total. The molecule has 1 aromatic rings. The topological polar surface area (TPSA) is 87.4 Å². The van der Waals surface area contributed by atoms with Gasteiger partial charge in [-0.25, -0.2) is 9.97 Å². The summed E-state index contributed by atoms with van der Waals surface area (Å²) in [5.74, 6) is 0.902. The van der Waals surface area contributed by atoms with Gasteiger partial charge < -0.3 is 16.0 Å². The van der Waals surface area contributed by atoms with Crippen molar-refractivity contribution in [1.29, 1.82) is 0 Å². The third kappa shape index (κ3) is 8.32. The van der Waals surface area contributed by atoms with Crippen molar-refractivity contribution in [1.82, 2.24) is 14.9 Å². The standard InChI is InChI=1S/C22H36F2N6O.CH3F/c1-2-30(13-18-5-3-16(11-23)4-6-18)22-20(24)21(27-15-28-22)26-12-17-7-9-29(10-8-17)14-19(25)31;1-2/h15-18H,2-14H2,1H3,(H2,25,31)(H,26,27,28);1H3. The summed E-state index contributed by atoms with van der Waals surface area (Å²) in [6, 6.07) is 0. The van der Waals surface area contributed by atoms with E-state index in [1.165, 1.54) is 6.33 Å². The Morgan fingerprint density at radius 3 is 2.33 bits per heavy atom. The van der Waals surface area contributed by atoms with Crippen molar-refractivity contribution in [2.45, 2.75) is 45.4 Å². The molecule has 0 unspecified atom stereocenters. The number of nitrogens with two attached hydrogens (primary N) is 1. The van der Waals surface area contributed by atoms with E-state index in [4.69, 9.17) is 5.73 Å². The van der Waals surface area contributed by atoms with Crippen LogP contribution in [0.25, 0.3) is 0 Å². The lowest BCUT2D eigenvalue weighted by molar-refractivity contribution is -0.119. The molecule has 0 bridgehead atoms. The van der Waals surface area contributed by atoms with Crippen LogP contribution in [0.5, 0.6) is 0 Å². The van der Waals surface area contributed by atoms with Crippen molar-refractivity contribution in [2.24, 2.45) is 23.5 Å². The normalized spacial score (nSPS) is 21.7. The van der Waals surface area contributed by atoms with Gasteiger partial charge in [0.05, 0.1) is 20.4 Å². The zero-order valence-electron chi connectivity index (χ0n) is 19.9. The summed E-state index contributed by atoms with van der Waals surface area (Å²) in [6.07, 6.45) is 7.07. The molecule has 1 aliphatic heterocycles. The maximum absolute atomic E-state index is 15.2. The number of rotatable bonds is 10. The Hall–Kier alpha value is -2.10. The van der Waals surface area contributed by atoms with E-state index in [-0.39, 0.29) is 24.3 Å². The van der Waals surface area contributed by atoms with E-state index in [1.807, 2.05) is 11.8 Å². The Balaban J connectivity index is 0.00000187. The average molecular weight is 473 g/mol. The number of piperidine rings is 1. The lowest BCUT2D eigenvalue weighted by atomic mass is 9.82. The molecule has 0 spiro atoms. The fourth-order valence-corrected chi connectivity index (χ4v) is 4.76. The highest BCUT2D eigenvalue weighted by atomic mass is 19.1. The average Bonchev–Trinajstić information content (AvgIpc) is 2.84. The smallest absolute Gasteiger partial charge is 0.231 e. The van der Waals surface area contributed by atoms with Gasteiger partial charge >= 0.3 is 0 Å². The lowest BCUT2D eigenvalue weighted by Crippen LogP contribution is -2.40. The van der Waals surface area contributed by atoms with Crippen LogP contribution in [0.1, 0.15) is 45.4 Å². The predicted octanol–water partition coefficient (Wildman–Crippen LogP) is 3.41. The molecule has 2 aliphatic rings. The third-order valence-electron chi connectivity index (χ3n) is 6.76. The molecular weight excluding hydrogens is 433 g/mol. The van der Waals surface area contributed by atoms with Gasteiger partial charge in [-0.15, -0.1) is 0 Å². The minimum absolute atomic E-state index is 0.195. The predicted molar refractivity (Wildman–Crippen MR) is 125 cm³/mol. The first-order valence-corrected chi connectivity index (χ1v) is 11.9. The second-order valence-electron chi connectivity index (χ2n) is 9.01. The molecule has 1 aromatic heterocycles. The highest BCUT2D eigenvalue weighted by Crippen LogP contribution is 2.31. The largest absolute Gasteiger partial charge is 0.369 e. The van der Waals surface area contributed by atoms with Gasteiger partial charge in [-0.2, -0.15) is 4.39 Å². The van der Waals surface area contributed by atoms with E-state index in [2.05, 4.69) is 20.2 Å². The molecule has 0 radical (unpaired) electrons. The summed E-state index contributed by atoms with van der Waals surface area (Å²) >= 11 is 0. The minimum Gasteiger partial charge on any atom is -0.369 e. The van der Waals surface area contributed by atoms with Crippen LogP contribution < -0.4 is 16.0 Å². The van der Waals surface area contributed by atoms with Gasteiger partial charge in [0.2, 0.25) is 11.7 Å². The number of halogens is 3. The van der Waals surface area contributed by atoms with E-state index >= 15 is 4.39 Å². The maximum atomic E-state index is 15.2. The number of aromatic nitrogens is 2. The molecule has 1 aliphatic carbocycles. The molecule has 33 heavy (non-hydrogen) atoms. The molecule has 188 valence electrons. The van der Waals surface area contributed by atoms with Crippen LogP contribution in [-0.2, 0) is 4.79 Å². The summed E-state index contributed by atoms with van der Waals surface area (Å²) in [7, 11) is 0.500. The lowest BCUT2D eigenvalue weighted by Gasteiger charge is -2.32. The summed E-state index contributed by atoms with van der Waals surface area (Å²) in [4.78, 5) is 23.4. The van der Waals surface area contributed by atoms with Crippen LogP contribution in [0.15, 0.2) is 6.33 Å². The van der Waals surface area contributed by atoms with Crippen molar-refractivity contribution in [2.75, 3.05) is 63.3 Å². The molecule has 1 saturated carbocycles. The second-order valence-corrected chi connectivity index (χ2v) is 9.01. The van der Waals surface area contributed by atoms with Crippen LogP contribution in [0.2, 0.25) is 0 Å². The Bertz CT molecular complexity index is 709. The Morgan fingerprint density at radius 2 is 1.76 bits per heavy atom. The number of hydrogen-bond acceptors (Lipinski definition) is 6. The number of alkyl halides is 2. The molecule has 0 atom stereocenters. The second kappa shape index (κ2) is 14.2. The van der Waals surface area contributed by atoms with E-state index in [0.29, 0.717) is 44.5 Å². The Morgan fingerprint density at radius 1 is 1.12 bits per heavy atom. The van der Waals surface area contributed by atoms with Gasteiger partial charge in [-0.1, -0.05) is 0 Å². The zero-order chi connectivity index (χ0) is 24.2. The first-order chi connectivity index (χ1) is 16.0. The minimum atomic E-state index is -0.409. The number of carbonyl (C=O) groups is 1. The van der Waals surface area contributed by atoms with Gasteiger partial charge in [-0.3, -0.25) is 18.5 Å². The number of carbonyl (C=O) groups excluding carboxylic acids is 1. The fraction of sp³-hybridized carbons (Fsp3) is 0.783. The van der Waals surface area contributed by atoms with Crippen molar-refractivity contribution in [3.8, 4) is 0 Å². The summed E-state index contributed by atoms with van der Waals surface area (Å²) in [5.41, 5.74) is 5.26. The van der Waals surface area contributed by atoms with E-state index in [1.54, 1.807) is 0 Å². The van der Waals surface area contributed by atoms with Crippen LogP contribution in [0.4, 0.5) is 24.8 Å². The molecule has 0 aromatic carbocycles. The van der Waals surface area contributed by atoms with Crippen LogP contribution >= 0.6 is 0 Å². The molecule has 1 saturated heterocycles. The van der Waals surface area contributed by atoms with Crippen LogP contribution in [0.3, 0.4) is 0 Å². The van der Waals surface area contributed by atoms with Crippen LogP contribution in [0, 0.1) is 23.6 Å². The van der Waals surface area contributed by atoms with Gasteiger partial charge in [0, 0.05) is 19.6 Å². The number of anilines is 2.